The van der Waals surface area contributed by atoms with Crippen molar-refractivity contribution in [2.75, 3.05) is 13.7 Å². The first kappa shape index (κ1) is 24.3. The average Bonchev–Trinajstić information content (AvgIpc) is 2.74. The van der Waals surface area contributed by atoms with Crippen LogP contribution in [0.5, 0.6) is 11.5 Å². The van der Waals surface area contributed by atoms with Gasteiger partial charge in [-0.2, -0.15) is 0 Å². The lowest BCUT2D eigenvalue weighted by atomic mass is 10.1. The van der Waals surface area contributed by atoms with Gasteiger partial charge in [0.2, 0.25) is 11.8 Å². The zero-order chi connectivity index (χ0) is 22.9. The fourth-order valence-corrected chi connectivity index (χ4v) is 3.10. The number of methoxy groups -OCH3 is 1. The van der Waals surface area contributed by atoms with Crippen LogP contribution in [0.1, 0.15) is 46.1 Å². The third-order valence-corrected chi connectivity index (χ3v) is 4.70. The van der Waals surface area contributed by atoms with Crippen molar-refractivity contribution in [2.24, 2.45) is 0 Å². The molecule has 2 aromatic carbocycles. The molecule has 0 saturated heterocycles. The van der Waals surface area contributed by atoms with Crippen molar-refractivity contribution in [2.45, 2.75) is 58.7 Å². The van der Waals surface area contributed by atoms with Gasteiger partial charge < -0.3 is 19.7 Å². The summed E-state index contributed by atoms with van der Waals surface area (Å²) in [5.74, 6) is 1.23. The zero-order valence-corrected chi connectivity index (χ0v) is 19.2. The Morgan fingerprint density at radius 3 is 2.35 bits per heavy atom. The highest BCUT2D eigenvalue weighted by molar-refractivity contribution is 5.87. The van der Waals surface area contributed by atoms with Crippen molar-refractivity contribution in [3.05, 3.63) is 60.2 Å². The molecule has 0 fully saturated rings. The SMILES string of the molecule is COc1cccc(CN(C(=O)CCCOc2ccccc2)[C@H](C)C(=O)NC(C)(C)C)c1. The molecule has 2 aromatic rings. The van der Waals surface area contributed by atoms with Gasteiger partial charge in [0.15, 0.2) is 0 Å². The van der Waals surface area contributed by atoms with Gasteiger partial charge in [0.05, 0.1) is 13.7 Å². The number of nitrogens with one attached hydrogen (secondary N) is 1. The Kier molecular flexibility index (Phi) is 8.91. The lowest BCUT2D eigenvalue weighted by Gasteiger charge is -2.31. The van der Waals surface area contributed by atoms with Crippen LogP contribution in [0.15, 0.2) is 54.6 Å². The third-order valence-electron chi connectivity index (χ3n) is 4.70. The Morgan fingerprint density at radius 2 is 1.71 bits per heavy atom. The molecule has 1 N–H and O–H groups in total. The van der Waals surface area contributed by atoms with Crippen molar-refractivity contribution in [1.82, 2.24) is 10.2 Å². The number of para-hydroxylation sites is 1. The molecule has 0 radical (unpaired) electrons. The minimum atomic E-state index is -0.604. The van der Waals surface area contributed by atoms with Crippen molar-refractivity contribution in [3.8, 4) is 11.5 Å². The summed E-state index contributed by atoms with van der Waals surface area (Å²) >= 11 is 0. The molecule has 0 aromatic heterocycles. The third kappa shape index (κ3) is 8.32. The number of hydrogen-bond donors (Lipinski definition) is 1. The molecule has 1 atom stereocenters. The molecule has 0 aliphatic carbocycles. The van der Waals surface area contributed by atoms with E-state index in [4.69, 9.17) is 9.47 Å². The number of carbonyl (C=O) groups excluding carboxylic acids is 2. The van der Waals surface area contributed by atoms with Crippen LogP contribution in [0.4, 0.5) is 0 Å². The summed E-state index contributed by atoms with van der Waals surface area (Å²) in [5.41, 5.74) is 0.531. The standard InChI is InChI=1S/C25H34N2O4/c1-19(24(29)26-25(2,3)4)27(18-20-11-9-14-22(17-20)30-5)23(28)15-10-16-31-21-12-7-6-8-13-21/h6-9,11-14,17,19H,10,15-16,18H2,1-5H3,(H,26,29)/t19-/m1/s1. The molecule has 31 heavy (non-hydrogen) atoms. The molecular formula is C25H34N2O4. The van der Waals surface area contributed by atoms with Gasteiger partial charge in [0.25, 0.3) is 0 Å². The van der Waals surface area contributed by atoms with E-state index in [0.717, 1.165) is 11.3 Å². The van der Waals surface area contributed by atoms with Crippen LogP contribution < -0.4 is 14.8 Å². The first-order valence-corrected chi connectivity index (χ1v) is 10.6. The lowest BCUT2D eigenvalue weighted by Crippen LogP contribution is -2.52. The van der Waals surface area contributed by atoms with Crippen molar-refractivity contribution >= 4 is 11.8 Å². The van der Waals surface area contributed by atoms with E-state index < -0.39 is 6.04 Å². The number of ether oxygens (including phenoxy) is 2. The summed E-state index contributed by atoms with van der Waals surface area (Å²) in [6.45, 7) is 8.30. The minimum Gasteiger partial charge on any atom is -0.497 e. The van der Waals surface area contributed by atoms with E-state index in [1.54, 1.807) is 18.9 Å². The van der Waals surface area contributed by atoms with E-state index in [1.807, 2.05) is 75.4 Å². The number of hydrogen-bond acceptors (Lipinski definition) is 4. The normalized spacial score (nSPS) is 12.0. The van der Waals surface area contributed by atoms with Gasteiger partial charge in [0.1, 0.15) is 17.5 Å². The van der Waals surface area contributed by atoms with E-state index in [0.29, 0.717) is 31.7 Å². The van der Waals surface area contributed by atoms with Gasteiger partial charge in [-0.25, -0.2) is 0 Å². The Bertz CT molecular complexity index is 846. The highest BCUT2D eigenvalue weighted by Gasteiger charge is 2.28. The molecule has 0 aliphatic rings. The Morgan fingerprint density at radius 1 is 1.03 bits per heavy atom. The molecule has 2 rings (SSSR count). The van der Waals surface area contributed by atoms with Crippen LogP contribution in [-0.4, -0.2) is 42.0 Å². The molecule has 0 saturated carbocycles. The minimum absolute atomic E-state index is 0.0870. The van der Waals surface area contributed by atoms with Gasteiger partial charge in [-0.05, 0) is 63.9 Å². The maximum Gasteiger partial charge on any atom is 0.242 e. The zero-order valence-electron chi connectivity index (χ0n) is 19.2. The summed E-state index contributed by atoms with van der Waals surface area (Å²) < 4.78 is 11.0. The smallest absolute Gasteiger partial charge is 0.242 e. The van der Waals surface area contributed by atoms with Crippen LogP contribution in [-0.2, 0) is 16.1 Å². The summed E-state index contributed by atoms with van der Waals surface area (Å²) in [5, 5.41) is 2.97. The molecular weight excluding hydrogens is 392 g/mol. The van der Waals surface area contributed by atoms with Gasteiger partial charge in [0, 0.05) is 18.5 Å². The predicted molar refractivity (Wildman–Crippen MR) is 122 cm³/mol. The number of rotatable bonds is 10. The van der Waals surface area contributed by atoms with Crippen LogP contribution in [0.25, 0.3) is 0 Å². The maximum absolute atomic E-state index is 13.1. The molecule has 0 spiro atoms. The van der Waals surface area contributed by atoms with E-state index in [1.165, 1.54) is 0 Å². The van der Waals surface area contributed by atoms with Gasteiger partial charge in [-0.15, -0.1) is 0 Å². The first-order chi connectivity index (χ1) is 14.7. The molecule has 0 unspecified atom stereocenters. The van der Waals surface area contributed by atoms with E-state index in [2.05, 4.69) is 5.32 Å². The number of nitrogens with zero attached hydrogens (tertiary/aromatic N) is 1. The van der Waals surface area contributed by atoms with Gasteiger partial charge in [-0.3, -0.25) is 9.59 Å². The Labute approximate surface area is 185 Å². The molecule has 2 amide bonds. The molecule has 0 heterocycles. The highest BCUT2D eigenvalue weighted by atomic mass is 16.5. The molecule has 0 bridgehead atoms. The lowest BCUT2D eigenvalue weighted by molar-refractivity contribution is -0.141. The topological polar surface area (TPSA) is 67.9 Å². The van der Waals surface area contributed by atoms with Crippen LogP contribution in [0, 0.1) is 0 Å². The molecule has 6 nitrogen and oxygen atoms in total. The van der Waals surface area contributed by atoms with Crippen molar-refractivity contribution in [1.29, 1.82) is 0 Å². The van der Waals surface area contributed by atoms with Crippen LogP contribution >= 0.6 is 0 Å². The molecule has 6 heteroatoms. The average molecular weight is 427 g/mol. The predicted octanol–water partition coefficient (Wildman–Crippen LogP) is 4.19. The molecule has 0 aliphatic heterocycles. The largest absolute Gasteiger partial charge is 0.497 e. The first-order valence-electron chi connectivity index (χ1n) is 10.6. The fourth-order valence-electron chi connectivity index (χ4n) is 3.10. The summed E-state index contributed by atoms with van der Waals surface area (Å²) in [7, 11) is 1.61. The van der Waals surface area contributed by atoms with E-state index in [9.17, 15) is 9.59 Å². The number of carbonyl (C=O) groups is 2. The van der Waals surface area contributed by atoms with Crippen molar-refractivity contribution < 1.29 is 19.1 Å². The summed E-state index contributed by atoms with van der Waals surface area (Å²) in [4.78, 5) is 27.5. The van der Waals surface area contributed by atoms with Gasteiger partial charge in [-0.1, -0.05) is 30.3 Å². The number of benzene rings is 2. The highest BCUT2D eigenvalue weighted by Crippen LogP contribution is 2.18. The van der Waals surface area contributed by atoms with E-state index >= 15 is 0 Å². The second kappa shape index (κ2) is 11.4. The second-order valence-corrected chi connectivity index (χ2v) is 8.55. The Balaban J connectivity index is 2.05. The summed E-state index contributed by atoms with van der Waals surface area (Å²) in [6.07, 6.45) is 0.861. The van der Waals surface area contributed by atoms with Crippen LogP contribution in [0.3, 0.4) is 0 Å². The van der Waals surface area contributed by atoms with E-state index in [-0.39, 0.29) is 17.4 Å². The molecule has 168 valence electrons. The van der Waals surface area contributed by atoms with Crippen molar-refractivity contribution in [3.63, 3.8) is 0 Å². The Hall–Kier alpha value is -3.02. The van der Waals surface area contributed by atoms with Gasteiger partial charge >= 0.3 is 0 Å². The monoisotopic (exact) mass is 426 g/mol. The number of amides is 2. The fraction of sp³-hybridized carbons (Fsp3) is 0.440. The quantitative estimate of drug-likeness (QED) is 0.579. The second-order valence-electron chi connectivity index (χ2n) is 8.55. The van der Waals surface area contributed by atoms with Crippen LogP contribution in [0.2, 0.25) is 0 Å². The summed E-state index contributed by atoms with van der Waals surface area (Å²) in [6, 6.07) is 16.5. The maximum atomic E-state index is 13.1.